The van der Waals surface area contributed by atoms with Gasteiger partial charge >= 0.3 is 6.09 Å². The molecule has 0 unspecified atom stereocenters. The van der Waals surface area contributed by atoms with Crippen molar-refractivity contribution in [1.82, 2.24) is 49.6 Å². The molecule has 6 aromatic rings. The maximum absolute atomic E-state index is 13.8. The van der Waals surface area contributed by atoms with Gasteiger partial charge in [-0.3, -0.25) is 19.6 Å². The van der Waals surface area contributed by atoms with Gasteiger partial charge in [-0.2, -0.15) is 16.8 Å². The van der Waals surface area contributed by atoms with Crippen molar-refractivity contribution >= 4 is 72.4 Å². The first-order valence-electron chi connectivity index (χ1n) is 33.8. The van der Waals surface area contributed by atoms with Gasteiger partial charge in [-0.1, -0.05) is 78.0 Å². The van der Waals surface area contributed by atoms with Gasteiger partial charge in [0.15, 0.2) is 10.1 Å². The predicted molar refractivity (Wildman–Crippen MR) is 385 cm³/mol. The average Bonchev–Trinajstić information content (AvgIpc) is 1.54. The van der Waals surface area contributed by atoms with Crippen LogP contribution < -0.4 is 35.2 Å². The first kappa shape index (κ1) is 70.0. The van der Waals surface area contributed by atoms with Crippen molar-refractivity contribution in [2.24, 2.45) is 11.8 Å². The molecule has 6 aliphatic rings. The maximum Gasteiger partial charge on any atom is 0.410 e. The molecule has 6 aromatic heterocycles. The van der Waals surface area contributed by atoms with Crippen molar-refractivity contribution in [1.29, 1.82) is 0 Å². The molecule has 0 saturated carbocycles. The quantitative estimate of drug-likeness (QED) is 0.110. The van der Waals surface area contributed by atoms with E-state index in [1.165, 1.54) is 17.7 Å². The Labute approximate surface area is 576 Å². The van der Waals surface area contributed by atoms with E-state index < -0.39 is 37.5 Å². The van der Waals surface area contributed by atoms with E-state index in [4.69, 9.17) is 24.7 Å². The highest BCUT2D eigenvalue weighted by molar-refractivity contribution is 7.90. The van der Waals surface area contributed by atoms with E-state index in [2.05, 4.69) is 127 Å². The standard InChI is InChI=1S/C39H51N7O5S.C34H43N7O3S.3H2/c1-37(2,3)31-18-16-27-34(42-31)46-24-25(23-39(46,7)8)15-17-30(41-32-13-10-14-33(43-32)52(49,50)44-35(27)47)29-12-9-11-28(40-29)26-19-21-45(22-20-26)36(48)51-38(4,5)6;1-33(2,3)28-15-13-24-31(38-28)41-21-22(20-34(41,4)5)12-14-27(26-9-6-8-25(36-26)23-16-18-35-19-17-23)37-29-10-7-11-30(39-29)45(43,44)40-32(24)42;;;/h9-14,16,18-19,25,30H,15,17,20-24H2,1-8H3,(H,41,43)(H,44,47);6-11,13,15-16,22,27,35H,12,14,17-21H2,1-5H3,(H,37,39)(H,40,42);3*1H/t25-,30+;22-,27+;;;/m00.../s1. The Kier molecular flexibility index (Phi) is 19.6. The lowest BCUT2D eigenvalue weighted by Crippen LogP contribution is -2.41. The number of pyridine rings is 6. The summed E-state index contributed by atoms with van der Waals surface area (Å²) < 4.78 is 64.4. The van der Waals surface area contributed by atoms with Crippen molar-refractivity contribution in [2.45, 2.75) is 191 Å². The van der Waals surface area contributed by atoms with E-state index in [0.29, 0.717) is 68.2 Å². The minimum Gasteiger partial charge on any atom is -0.444 e. The minimum absolute atomic E-state index is 0. The molecule has 0 spiro atoms. The third-order valence-corrected chi connectivity index (χ3v) is 21.3. The summed E-state index contributed by atoms with van der Waals surface area (Å²) in [6, 6.07) is 28.0. The largest absolute Gasteiger partial charge is 0.444 e. The smallest absolute Gasteiger partial charge is 0.410 e. The van der Waals surface area contributed by atoms with E-state index in [1.807, 2.05) is 63.2 Å². The number of nitrogens with zero attached hydrogens (tertiary/aromatic N) is 9. The number of rotatable bonds is 4. The Balaban J connectivity index is 0.000000249. The number of nitrogens with one attached hydrogen (secondary N) is 5. The molecule has 522 valence electrons. The van der Waals surface area contributed by atoms with Gasteiger partial charge in [0.05, 0.1) is 46.0 Å². The molecule has 2 saturated heterocycles. The normalized spacial score (nSPS) is 22.4. The molecule has 8 bridgehead atoms. The number of fused-ring (bicyclic) bond motifs is 12. The van der Waals surface area contributed by atoms with Gasteiger partial charge in [0, 0.05) is 70.3 Å². The molecule has 12 heterocycles. The third kappa shape index (κ3) is 16.3. The number of ether oxygens (including phenoxy) is 1. The summed E-state index contributed by atoms with van der Waals surface area (Å²) in [6.07, 6.45) is 10.4. The fourth-order valence-corrected chi connectivity index (χ4v) is 15.7. The summed E-state index contributed by atoms with van der Waals surface area (Å²) in [7, 11) is -8.62. The van der Waals surface area contributed by atoms with Crippen LogP contribution in [0.5, 0.6) is 0 Å². The van der Waals surface area contributed by atoms with Crippen LogP contribution in [0.25, 0.3) is 11.1 Å². The second kappa shape index (κ2) is 27.2. The second-order valence-electron chi connectivity index (χ2n) is 30.7. The predicted octanol–water partition coefficient (Wildman–Crippen LogP) is 12.8. The van der Waals surface area contributed by atoms with Crippen LogP contribution in [-0.4, -0.2) is 125 Å². The molecular formula is C73H100N14O8S2. The Morgan fingerprint density at radius 2 is 1.01 bits per heavy atom. The van der Waals surface area contributed by atoms with Crippen LogP contribution in [0.2, 0.25) is 0 Å². The Hall–Kier alpha value is -8.35. The highest BCUT2D eigenvalue weighted by Gasteiger charge is 2.44. The summed E-state index contributed by atoms with van der Waals surface area (Å²) in [5, 5.41) is 9.83. The van der Waals surface area contributed by atoms with Gasteiger partial charge in [-0.05, 0) is 202 Å². The summed E-state index contributed by atoms with van der Waals surface area (Å²) in [6.45, 7) is 30.7. The van der Waals surface area contributed by atoms with Gasteiger partial charge in [0.25, 0.3) is 31.9 Å². The zero-order chi connectivity index (χ0) is 69.6. The summed E-state index contributed by atoms with van der Waals surface area (Å²) in [5.74, 6) is 0.884. The van der Waals surface area contributed by atoms with E-state index in [0.717, 1.165) is 91.4 Å². The van der Waals surface area contributed by atoms with Gasteiger partial charge in [-0.15, -0.1) is 0 Å². The van der Waals surface area contributed by atoms with Crippen molar-refractivity contribution in [3.63, 3.8) is 0 Å². The number of hydrogen-bond donors (Lipinski definition) is 5. The monoisotopic (exact) mass is 1360 g/mol. The zero-order valence-electron chi connectivity index (χ0n) is 58.2. The molecule has 0 aromatic carbocycles. The summed E-state index contributed by atoms with van der Waals surface area (Å²) >= 11 is 0. The molecule has 4 atom stereocenters. The van der Waals surface area contributed by atoms with Crippen molar-refractivity contribution in [2.75, 3.05) is 59.7 Å². The SMILES string of the molecule is CC(C)(C)OC(=O)N1CC=C(c2cccc([C@H]3CC[C@@H]4CN(c5nc(C(C)(C)C)ccc5C(=O)NS(=O)(=O)c5cccc(n5)N3)C(C)(C)C4)n2)CC1.CC(C)(C)c1ccc2c(n1)N1C[C@@H](CC[C@H](c3cccc(C4=CCNCC4)n3)Nc3cccc(n3)S(=O)(=O)NC2=O)CC1(C)C.[HH].[HH].[HH]. The third-order valence-electron chi connectivity index (χ3n) is 18.9. The Morgan fingerprint density at radius 3 is 1.42 bits per heavy atom. The van der Waals surface area contributed by atoms with E-state index in [9.17, 15) is 31.2 Å². The molecule has 0 radical (unpaired) electrons. The first-order chi connectivity index (χ1) is 45.6. The molecule has 97 heavy (non-hydrogen) atoms. The Morgan fingerprint density at radius 1 is 0.557 bits per heavy atom. The molecule has 12 rings (SSSR count). The molecule has 6 aliphatic heterocycles. The molecule has 3 amide bonds. The topological polar surface area (TPSA) is 276 Å². The molecular weight excluding hydrogens is 1270 g/mol. The fourth-order valence-electron chi connectivity index (χ4n) is 13.8. The Bertz CT molecular complexity index is 4310. The summed E-state index contributed by atoms with van der Waals surface area (Å²) in [4.78, 5) is 75.3. The first-order valence-corrected chi connectivity index (χ1v) is 36.8. The molecule has 5 N–H and O–H groups in total. The number of carbonyl (C=O) groups excluding carboxylic acids is 3. The number of aromatic nitrogens is 6. The second-order valence-corrected chi connectivity index (χ2v) is 34.0. The van der Waals surface area contributed by atoms with Crippen LogP contribution in [0.3, 0.4) is 0 Å². The van der Waals surface area contributed by atoms with Gasteiger partial charge in [0.2, 0.25) is 0 Å². The highest BCUT2D eigenvalue weighted by atomic mass is 32.2. The van der Waals surface area contributed by atoms with Crippen molar-refractivity contribution in [3.8, 4) is 0 Å². The lowest BCUT2D eigenvalue weighted by Gasteiger charge is -2.34. The van der Waals surface area contributed by atoms with Crippen LogP contribution in [-0.2, 0) is 35.6 Å². The van der Waals surface area contributed by atoms with Crippen LogP contribution >= 0.6 is 0 Å². The fraction of sp³-hybridized carbons (Fsp3) is 0.493. The number of sulfonamides is 2. The van der Waals surface area contributed by atoms with Crippen LogP contribution in [0.4, 0.5) is 28.1 Å². The van der Waals surface area contributed by atoms with E-state index >= 15 is 0 Å². The van der Waals surface area contributed by atoms with Crippen LogP contribution in [0, 0.1) is 11.8 Å². The molecule has 0 aliphatic carbocycles. The lowest BCUT2D eigenvalue weighted by atomic mass is 9.90. The summed E-state index contributed by atoms with van der Waals surface area (Å²) in [5.41, 5.74) is 6.10. The number of hydrogen-bond acceptors (Lipinski definition) is 19. The average molecular weight is 1370 g/mol. The number of anilines is 4. The number of carbonyl (C=O) groups is 3. The van der Waals surface area contributed by atoms with Gasteiger partial charge in [-0.25, -0.2) is 34.2 Å². The van der Waals surface area contributed by atoms with E-state index in [-0.39, 0.29) is 71.5 Å². The van der Waals surface area contributed by atoms with Crippen LogP contribution in [0.15, 0.2) is 119 Å². The number of amides is 3. The maximum atomic E-state index is 13.8. The molecule has 22 nitrogen and oxygen atoms in total. The van der Waals surface area contributed by atoms with Crippen LogP contribution in [0.1, 0.15) is 213 Å². The van der Waals surface area contributed by atoms with Crippen molar-refractivity contribution < 1.29 is 40.2 Å². The molecule has 2 fully saturated rings. The minimum atomic E-state index is -4.33. The zero-order valence-corrected chi connectivity index (χ0v) is 59.8. The van der Waals surface area contributed by atoms with E-state index in [1.54, 1.807) is 47.4 Å². The van der Waals surface area contributed by atoms with Crippen molar-refractivity contribution in [3.05, 3.63) is 155 Å². The van der Waals surface area contributed by atoms with Gasteiger partial charge in [0.1, 0.15) is 28.9 Å². The molecule has 24 heteroatoms. The lowest BCUT2D eigenvalue weighted by molar-refractivity contribution is 0.0270. The highest BCUT2D eigenvalue weighted by Crippen LogP contribution is 2.44. The van der Waals surface area contributed by atoms with Gasteiger partial charge < -0.3 is 35.4 Å².